The second-order valence-electron chi connectivity index (χ2n) is 5.97. The zero-order valence-corrected chi connectivity index (χ0v) is 16.9. The van der Waals surface area contributed by atoms with E-state index in [9.17, 15) is 0 Å². The summed E-state index contributed by atoms with van der Waals surface area (Å²) in [7, 11) is 0. The number of hydrazone groups is 1. The number of para-hydroxylation sites is 1. The van der Waals surface area contributed by atoms with E-state index in [0.717, 1.165) is 27.7 Å². The number of terminal acetylenes is 1. The molecule has 2 heterocycles. The van der Waals surface area contributed by atoms with Crippen molar-refractivity contribution in [2.24, 2.45) is 5.10 Å². The van der Waals surface area contributed by atoms with Crippen molar-refractivity contribution >= 4 is 56.8 Å². The van der Waals surface area contributed by atoms with Crippen molar-refractivity contribution in [1.29, 1.82) is 0 Å². The maximum absolute atomic E-state index is 6.08. The van der Waals surface area contributed by atoms with Crippen molar-refractivity contribution in [2.75, 3.05) is 5.43 Å². The van der Waals surface area contributed by atoms with Crippen LogP contribution >= 0.6 is 34.5 Å². The van der Waals surface area contributed by atoms with E-state index in [1.807, 2.05) is 40.4 Å². The van der Waals surface area contributed by atoms with E-state index in [-0.39, 0.29) is 0 Å². The van der Waals surface area contributed by atoms with Crippen LogP contribution in [0.1, 0.15) is 5.56 Å². The number of nitrogens with zero attached hydrogens (tertiary/aromatic N) is 3. The summed E-state index contributed by atoms with van der Waals surface area (Å²) in [6.45, 7) is 0.515. The van der Waals surface area contributed by atoms with Gasteiger partial charge in [0.25, 0.3) is 0 Å². The number of hydrogen-bond acceptors (Lipinski definition) is 4. The van der Waals surface area contributed by atoms with E-state index >= 15 is 0 Å². The standard InChI is InChI=1S/C21H14Cl2N4S/c1-2-9-27-12-15(16-5-3-4-6-20(16)27)11-24-26-21-25-19(13-28-21)14-7-8-17(22)18(23)10-14/h1,3-8,10-13H,9H2,(H,25,26)/b24-11+. The number of aromatic nitrogens is 2. The van der Waals surface area contributed by atoms with Gasteiger partial charge < -0.3 is 4.57 Å². The third kappa shape index (κ3) is 3.76. The number of anilines is 1. The lowest BCUT2D eigenvalue weighted by Gasteiger charge is -1.99. The Labute approximate surface area is 176 Å². The third-order valence-corrected chi connectivity index (χ3v) is 5.65. The van der Waals surface area contributed by atoms with Gasteiger partial charge in [0, 0.05) is 33.6 Å². The lowest BCUT2D eigenvalue weighted by atomic mass is 10.2. The predicted molar refractivity (Wildman–Crippen MR) is 120 cm³/mol. The third-order valence-electron chi connectivity index (χ3n) is 4.16. The van der Waals surface area contributed by atoms with E-state index in [4.69, 9.17) is 29.6 Å². The highest BCUT2D eigenvalue weighted by atomic mass is 35.5. The van der Waals surface area contributed by atoms with Crippen LogP contribution in [0.3, 0.4) is 0 Å². The quantitative estimate of drug-likeness (QED) is 0.237. The highest BCUT2D eigenvalue weighted by molar-refractivity contribution is 7.14. The van der Waals surface area contributed by atoms with Gasteiger partial charge in [-0.25, -0.2) is 4.98 Å². The van der Waals surface area contributed by atoms with Crippen LogP contribution in [0.2, 0.25) is 10.0 Å². The molecule has 4 rings (SSSR count). The van der Waals surface area contributed by atoms with Gasteiger partial charge in [0.1, 0.15) is 0 Å². The van der Waals surface area contributed by atoms with Crippen molar-refractivity contribution in [3.8, 4) is 23.6 Å². The summed E-state index contributed by atoms with van der Waals surface area (Å²) >= 11 is 13.5. The Morgan fingerprint density at radius 2 is 2.07 bits per heavy atom. The van der Waals surface area contributed by atoms with E-state index in [1.54, 1.807) is 18.3 Å². The Morgan fingerprint density at radius 3 is 2.89 bits per heavy atom. The summed E-state index contributed by atoms with van der Waals surface area (Å²) in [6, 6.07) is 13.5. The van der Waals surface area contributed by atoms with Gasteiger partial charge in [-0.2, -0.15) is 5.10 Å². The van der Waals surface area contributed by atoms with E-state index in [1.165, 1.54) is 11.3 Å². The molecule has 138 valence electrons. The summed E-state index contributed by atoms with van der Waals surface area (Å²) in [5.41, 5.74) is 6.77. The van der Waals surface area contributed by atoms with Crippen LogP contribution in [0.15, 0.2) is 59.1 Å². The SMILES string of the molecule is C#CCn1cc(/C=N/Nc2nc(-c3ccc(Cl)c(Cl)c3)cs2)c2ccccc21. The Morgan fingerprint density at radius 1 is 1.21 bits per heavy atom. The minimum absolute atomic E-state index is 0.503. The van der Waals surface area contributed by atoms with Crippen molar-refractivity contribution in [3.05, 3.63) is 69.7 Å². The molecule has 0 radical (unpaired) electrons. The lowest BCUT2D eigenvalue weighted by molar-refractivity contribution is 0.886. The molecule has 0 fully saturated rings. The molecule has 0 spiro atoms. The van der Waals surface area contributed by atoms with Gasteiger partial charge in [-0.15, -0.1) is 17.8 Å². The number of thiazole rings is 1. The van der Waals surface area contributed by atoms with Crippen molar-refractivity contribution < 1.29 is 0 Å². The molecule has 28 heavy (non-hydrogen) atoms. The van der Waals surface area contributed by atoms with Crippen molar-refractivity contribution in [2.45, 2.75) is 6.54 Å². The van der Waals surface area contributed by atoms with Gasteiger partial charge in [0.2, 0.25) is 5.13 Å². The first kappa shape index (κ1) is 18.6. The minimum atomic E-state index is 0.503. The molecule has 0 saturated heterocycles. The average molecular weight is 425 g/mol. The van der Waals surface area contributed by atoms with Gasteiger partial charge >= 0.3 is 0 Å². The van der Waals surface area contributed by atoms with Gasteiger partial charge in [0.15, 0.2) is 0 Å². The number of benzene rings is 2. The zero-order valence-electron chi connectivity index (χ0n) is 14.6. The fourth-order valence-corrected chi connectivity index (χ4v) is 3.84. The second-order valence-corrected chi connectivity index (χ2v) is 7.64. The van der Waals surface area contributed by atoms with Gasteiger partial charge in [-0.1, -0.05) is 53.4 Å². The summed E-state index contributed by atoms with van der Waals surface area (Å²) in [6.07, 6.45) is 9.24. The zero-order chi connectivity index (χ0) is 19.5. The number of fused-ring (bicyclic) bond motifs is 1. The lowest BCUT2D eigenvalue weighted by Crippen LogP contribution is -1.92. The molecule has 0 aliphatic rings. The highest BCUT2D eigenvalue weighted by Crippen LogP contribution is 2.30. The van der Waals surface area contributed by atoms with Crippen LogP contribution in [0, 0.1) is 12.3 Å². The van der Waals surface area contributed by atoms with E-state index < -0.39 is 0 Å². The predicted octanol–water partition coefficient (Wildman–Crippen LogP) is 6.15. The first-order chi connectivity index (χ1) is 13.7. The molecule has 1 N–H and O–H groups in total. The minimum Gasteiger partial charge on any atom is -0.335 e. The molecular formula is C21H14Cl2N4S. The molecule has 0 atom stereocenters. The van der Waals surface area contributed by atoms with Gasteiger partial charge in [-0.05, 0) is 18.2 Å². The Bertz CT molecular complexity index is 1220. The fraction of sp³-hybridized carbons (Fsp3) is 0.0476. The number of nitrogens with one attached hydrogen (secondary N) is 1. The number of rotatable bonds is 5. The molecule has 0 saturated carbocycles. The molecule has 7 heteroatoms. The molecule has 4 aromatic rings. The first-order valence-corrected chi connectivity index (χ1v) is 10.0. The summed E-state index contributed by atoms with van der Waals surface area (Å²) in [5.74, 6) is 2.67. The summed E-state index contributed by atoms with van der Waals surface area (Å²) < 4.78 is 2.03. The van der Waals surface area contributed by atoms with Crippen LogP contribution in [0.5, 0.6) is 0 Å². The Kier molecular flexibility index (Phi) is 5.36. The Balaban J connectivity index is 1.53. The van der Waals surface area contributed by atoms with Gasteiger partial charge in [-0.3, -0.25) is 5.43 Å². The summed E-state index contributed by atoms with van der Waals surface area (Å²) in [5, 5.41) is 9.08. The van der Waals surface area contributed by atoms with Crippen LogP contribution in [0.4, 0.5) is 5.13 Å². The van der Waals surface area contributed by atoms with Crippen molar-refractivity contribution in [3.63, 3.8) is 0 Å². The normalized spacial score (nSPS) is 11.2. The maximum Gasteiger partial charge on any atom is 0.203 e. The molecule has 2 aromatic heterocycles. The van der Waals surface area contributed by atoms with E-state index in [0.29, 0.717) is 21.7 Å². The average Bonchev–Trinajstić information content (AvgIpc) is 3.30. The second kappa shape index (κ2) is 8.07. The molecule has 2 aromatic carbocycles. The molecule has 0 bridgehead atoms. The van der Waals surface area contributed by atoms with Crippen LogP contribution in [-0.4, -0.2) is 15.8 Å². The molecule has 0 aliphatic heterocycles. The number of hydrogen-bond donors (Lipinski definition) is 1. The molecule has 0 amide bonds. The first-order valence-electron chi connectivity index (χ1n) is 8.37. The maximum atomic E-state index is 6.08. The molecule has 0 unspecified atom stereocenters. The molecule has 4 nitrogen and oxygen atoms in total. The van der Waals surface area contributed by atoms with Gasteiger partial charge in [0.05, 0.1) is 28.5 Å². The van der Waals surface area contributed by atoms with Crippen LogP contribution in [0.25, 0.3) is 22.2 Å². The molecular weight excluding hydrogens is 411 g/mol. The van der Waals surface area contributed by atoms with Crippen LogP contribution < -0.4 is 5.43 Å². The Hall–Kier alpha value is -2.78. The number of halogens is 2. The van der Waals surface area contributed by atoms with Crippen molar-refractivity contribution in [1.82, 2.24) is 9.55 Å². The van der Waals surface area contributed by atoms with E-state index in [2.05, 4.69) is 27.5 Å². The largest absolute Gasteiger partial charge is 0.335 e. The van der Waals surface area contributed by atoms with Crippen LogP contribution in [-0.2, 0) is 6.54 Å². The monoisotopic (exact) mass is 424 g/mol. The molecule has 0 aliphatic carbocycles. The topological polar surface area (TPSA) is 42.2 Å². The fourth-order valence-electron chi connectivity index (χ4n) is 2.88. The smallest absolute Gasteiger partial charge is 0.203 e. The summed E-state index contributed by atoms with van der Waals surface area (Å²) in [4.78, 5) is 4.54. The highest BCUT2D eigenvalue weighted by Gasteiger charge is 2.08.